The SMILES string of the molecule is CNc1cc(Nc2cccn(C3CC(F)(F)C3)c2=O)nc2c(C(=O)NC3CCC3)cnn12.CO. The molecule has 2 aliphatic rings. The van der Waals surface area contributed by atoms with Gasteiger partial charge in [-0.05, 0) is 31.4 Å². The molecule has 4 N–H and O–H groups in total. The molecule has 0 bridgehead atoms. The summed E-state index contributed by atoms with van der Waals surface area (Å²) in [5, 5.41) is 20.2. The van der Waals surface area contributed by atoms with E-state index in [2.05, 4.69) is 26.0 Å². The summed E-state index contributed by atoms with van der Waals surface area (Å²) in [4.78, 5) is 30.1. The van der Waals surface area contributed by atoms with Crippen molar-refractivity contribution in [2.24, 2.45) is 0 Å². The van der Waals surface area contributed by atoms with Gasteiger partial charge in [0, 0.05) is 51.3 Å². The van der Waals surface area contributed by atoms with Crippen LogP contribution in [0.2, 0.25) is 0 Å². The third-order valence-corrected chi connectivity index (χ3v) is 6.11. The average molecular weight is 476 g/mol. The monoisotopic (exact) mass is 475 g/mol. The van der Waals surface area contributed by atoms with Gasteiger partial charge in [-0.1, -0.05) is 0 Å². The third-order valence-electron chi connectivity index (χ3n) is 6.11. The van der Waals surface area contributed by atoms with Gasteiger partial charge < -0.3 is 25.6 Å². The van der Waals surface area contributed by atoms with E-state index in [0.29, 0.717) is 22.8 Å². The molecule has 3 aromatic heterocycles. The van der Waals surface area contributed by atoms with Crippen molar-refractivity contribution in [2.45, 2.75) is 50.1 Å². The van der Waals surface area contributed by atoms with Crippen LogP contribution in [0, 0.1) is 0 Å². The van der Waals surface area contributed by atoms with Gasteiger partial charge in [0.2, 0.25) is 0 Å². The summed E-state index contributed by atoms with van der Waals surface area (Å²) in [7, 11) is 2.71. The predicted octanol–water partition coefficient (Wildman–Crippen LogP) is 2.54. The number of alkyl halides is 2. The molecule has 2 saturated carbocycles. The number of fused-ring (bicyclic) bond motifs is 1. The zero-order valence-electron chi connectivity index (χ0n) is 18.9. The minimum absolute atomic E-state index is 0.171. The van der Waals surface area contributed by atoms with Crippen LogP contribution in [-0.4, -0.2) is 56.3 Å². The number of aromatic nitrogens is 4. The molecule has 3 aromatic rings. The third kappa shape index (κ3) is 4.45. The first-order chi connectivity index (χ1) is 16.3. The van der Waals surface area contributed by atoms with Crippen LogP contribution in [0.25, 0.3) is 5.65 Å². The molecule has 2 fully saturated rings. The van der Waals surface area contributed by atoms with Gasteiger partial charge in [-0.3, -0.25) is 9.59 Å². The van der Waals surface area contributed by atoms with E-state index in [4.69, 9.17) is 5.11 Å². The van der Waals surface area contributed by atoms with Gasteiger partial charge in [0.05, 0.1) is 6.20 Å². The summed E-state index contributed by atoms with van der Waals surface area (Å²) in [6.45, 7) is 0. The minimum atomic E-state index is -2.72. The number of nitrogens with zero attached hydrogens (tertiary/aromatic N) is 4. The quantitative estimate of drug-likeness (QED) is 0.432. The predicted molar refractivity (Wildman–Crippen MR) is 123 cm³/mol. The Labute approximate surface area is 194 Å². The second-order valence-corrected chi connectivity index (χ2v) is 8.35. The lowest BCUT2D eigenvalue weighted by molar-refractivity contribution is -0.104. The van der Waals surface area contributed by atoms with E-state index in [9.17, 15) is 18.4 Å². The Hall–Kier alpha value is -3.54. The number of anilines is 3. The van der Waals surface area contributed by atoms with Gasteiger partial charge in [0.1, 0.15) is 22.9 Å². The molecule has 0 spiro atoms. The molecule has 0 radical (unpaired) electrons. The van der Waals surface area contributed by atoms with Crippen LogP contribution in [-0.2, 0) is 0 Å². The molecule has 0 atom stereocenters. The van der Waals surface area contributed by atoms with Crippen LogP contribution in [0.3, 0.4) is 0 Å². The number of hydrogen-bond acceptors (Lipinski definition) is 7. The number of hydrogen-bond donors (Lipinski definition) is 4. The summed E-state index contributed by atoms with van der Waals surface area (Å²) < 4.78 is 29.4. The van der Waals surface area contributed by atoms with E-state index in [1.807, 2.05) is 0 Å². The molecule has 2 aliphatic carbocycles. The van der Waals surface area contributed by atoms with E-state index < -0.39 is 17.5 Å². The highest BCUT2D eigenvalue weighted by Gasteiger charge is 2.46. The molecule has 0 aliphatic heterocycles. The first-order valence-electron chi connectivity index (χ1n) is 11.0. The zero-order valence-corrected chi connectivity index (χ0v) is 18.9. The molecule has 1 amide bonds. The number of aliphatic hydroxyl groups is 1. The van der Waals surface area contributed by atoms with Crippen molar-refractivity contribution in [3.63, 3.8) is 0 Å². The molecule has 10 nitrogen and oxygen atoms in total. The number of pyridine rings is 1. The Kier molecular flexibility index (Phi) is 6.51. The fraction of sp³-hybridized carbons (Fsp3) is 0.455. The summed E-state index contributed by atoms with van der Waals surface area (Å²) in [6, 6.07) is 4.50. The molecule has 0 aromatic carbocycles. The van der Waals surface area contributed by atoms with Crippen molar-refractivity contribution in [3.05, 3.63) is 46.5 Å². The Bertz CT molecular complexity index is 1250. The lowest BCUT2D eigenvalue weighted by Gasteiger charge is -2.36. The normalized spacial score (nSPS) is 17.2. The van der Waals surface area contributed by atoms with Crippen molar-refractivity contribution >= 4 is 28.9 Å². The number of nitrogens with one attached hydrogen (secondary N) is 3. The average Bonchev–Trinajstić information content (AvgIpc) is 3.21. The molecule has 182 valence electrons. The molecule has 5 rings (SSSR count). The maximum atomic E-state index is 13.3. The van der Waals surface area contributed by atoms with E-state index in [1.54, 1.807) is 25.2 Å². The van der Waals surface area contributed by atoms with Crippen LogP contribution in [0.5, 0.6) is 0 Å². The van der Waals surface area contributed by atoms with Crippen LogP contribution < -0.4 is 21.5 Å². The van der Waals surface area contributed by atoms with Gasteiger partial charge in [0.25, 0.3) is 17.4 Å². The number of aliphatic hydroxyl groups excluding tert-OH is 1. The molecule has 34 heavy (non-hydrogen) atoms. The van der Waals surface area contributed by atoms with E-state index in [-0.39, 0.29) is 30.5 Å². The van der Waals surface area contributed by atoms with Crippen molar-refractivity contribution in [3.8, 4) is 0 Å². The summed E-state index contributed by atoms with van der Waals surface area (Å²) in [5.74, 6) is -2.08. The molecular formula is C22H27F2N7O3. The van der Waals surface area contributed by atoms with Crippen LogP contribution >= 0.6 is 0 Å². The fourth-order valence-electron chi connectivity index (χ4n) is 4.04. The minimum Gasteiger partial charge on any atom is -0.400 e. The van der Waals surface area contributed by atoms with Crippen molar-refractivity contribution in [2.75, 3.05) is 24.8 Å². The van der Waals surface area contributed by atoms with E-state index in [1.165, 1.54) is 21.5 Å². The summed E-state index contributed by atoms with van der Waals surface area (Å²) in [5.41, 5.74) is 0.476. The molecule has 12 heteroatoms. The van der Waals surface area contributed by atoms with Crippen LogP contribution in [0.15, 0.2) is 35.4 Å². The lowest BCUT2D eigenvalue weighted by Crippen LogP contribution is -2.41. The molecular weight excluding hydrogens is 448 g/mol. The largest absolute Gasteiger partial charge is 0.400 e. The topological polar surface area (TPSA) is 126 Å². The standard InChI is InChI=1S/C21H23F2N7O2.CH4O/c1-24-17-8-16(27-15-6-3-7-29(20(15)32)13-9-21(22,23)10-13)28-18-14(11-25-30(17)18)19(31)26-12-4-2-5-12;1-2/h3,6-8,11-13,24H,2,4-5,9-10H2,1H3,(H,26,31)(H,27,28);2H,1H3. The smallest absolute Gasteiger partial charge is 0.274 e. The van der Waals surface area contributed by atoms with Gasteiger partial charge in [-0.25, -0.2) is 13.8 Å². The highest BCUT2D eigenvalue weighted by molar-refractivity contribution is 6.00. The fourth-order valence-corrected chi connectivity index (χ4v) is 4.04. The number of amides is 1. The highest BCUT2D eigenvalue weighted by Crippen LogP contribution is 2.44. The van der Waals surface area contributed by atoms with E-state index in [0.717, 1.165) is 26.4 Å². The molecule has 3 heterocycles. The second kappa shape index (κ2) is 9.37. The molecule has 0 unspecified atom stereocenters. The number of carbonyl (C=O) groups excluding carboxylic acids is 1. The van der Waals surface area contributed by atoms with Crippen LogP contribution in [0.4, 0.5) is 26.1 Å². The van der Waals surface area contributed by atoms with Gasteiger partial charge in [-0.2, -0.15) is 9.61 Å². The Morgan fingerprint density at radius 1 is 1.26 bits per heavy atom. The zero-order chi connectivity index (χ0) is 24.5. The van der Waals surface area contributed by atoms with Crippen molar-refractivity contribution in [1.82, 2.24) is 24.5 Å². The Balaban J connectivity index is 0.00000133. The lowest BCUT2D eigenvalue weighted by atomic mass is 9.88. The Morgan fingerprint density at radius 2 is 2.00 bits per heavy atom. The van der Waals surface area contributed by atoms with Gasteiger partial charge in [0.15, 0.2) is 5.65 Å². The summed E-state index contributed by atoms with van der Waals surface area (Å²) >= 11 is 0. The Morgan fingerprint density at radius 3 is 2.62 bits per heavy atom. The van der Waals surface area contributed by atoms with Gasteiger partial charge in [-0.15, -0.1) is 0 Å². The van der Waals surface area contributed by atoms with Crippen LogP contribution in [0.1, 0.15) is 48.5 Å². The maximum absolute atomic E-state index is 13.3. The van der Waals surface area contributed by atoms with Crippen molar-refractivity contribution < 1.29 is 18.7 Å². The van der Waals surface area contributed by atoms with Gasteiger partial charge >= 0.3 is 0 Å². The first kappa shape index (κ1) is 23.6. The number of carbonyl (C=O) groups is 1. The second-order valence-electron chi connectivity index (χ2n) is 8.35. The maximum Gasteiger partial charge on any atom is 0.274 e. The summed E-state index contributed by atoms with van der Waals surface area (Å²) in [6.07, 6.45) is 5.30. The number of halogens is 2. The highest BCUT2D eigenvalue weighted by atomic mass is 19.3. The van der Waals surface area contributed by atoms with Crippen molar-refractivity contribution in [1.29, 1.82) is 0 Å². The van der Waals surface area contributed by atoms with E-state index >= 15 is 0 Å². The first-order valence-corrected chi connectivity index (χ1v) is 11.0. The number of rotatable bonds is 6. The molecule has 0 saturated heterocycles.